The van der Waals surface area contributed by atoms with Crippen LogP contribution in [0.5, 0.6) is 0 Å². The number of alkyl carbamates (subject to hydrolysis) is 1. The number of nitrogens with one attached hydrogen (secondary N) is 1. The molecule has 1 N–H and O–H groups in total. The molecule has 0 radical (unpaired) electrons. The number of esters is 3. The van der Waals surface area contributed by atoms with Crippen LogP contribution in [0.15, 0.2) is 17.1 Å². The van der Waals surface area contributed by atoms with Crippen molar-refractivity contribution < 1.29 is 42.9 Å². The molecule has 2 saturated heterocycles. The predicted octanol–water partition coefficient (Wildman–Crippen LogP) is 1.41. The summed E-state index contributed by atoms with van der Waals surface area (Å²) < 4.78 is 28.3. The van der Waals surface area contributed by atoms with Crippen LogP contribution in [-0.2, 0) is 44.5 Å². The average molecular weight is 538 g/mol. The molecule has 2 aliphatic rings. The van der Waals surface area contributed by atoms with Crippen LogP contribution in [0.3, 0.4) is 0 Å². The highest BCUT2D eigenvalue weighted by atomic mass is 16.6. The molecule has 2 aliphatic heterocycles. The lowest BCUT2D eigenvalue weighted by molar-refractivity contribution is -0.160. The highest BCUT2D eigenvalue weighted by Crippen LogP contribution is 2.33. The van der Waals surface area contributed by atoms with Crippen molar-refractivity contribution in [2.75, 3.05) is 13.2 Å². The van der Waals surface area contributed by atoms with Crippen molar-refractivity contribution in [2.45, 2.75) is 90.4 Å². The van der Waals surface area contributed by atoms with E-state index < -0.39 is 71.6 Å². The van der Waals surface area contributed by atoms with Gasteiger partial charge in [0.15, 0.2) is 0 Å². The van der Waals surface area contributed by atoms with Gasteiger partial charge in [-0.05, 0) is 47.6 Å². The molecule has 3 rings (SSSR count). The Bertz CT molecular complexity index is 1120. The number of hydrogen-bond acceptors (Lipinski definition) is 11. The van der Waals surface area contributed by atoms with Gasteiger partial charge in [-0.15, -0.1) is 0 Å². The zero-order valence-corrected chi connectivity index (χ0v) is 22.5. The number of hydrogen-bond donors (Lipinski definition) is 1. The lowest BCUT2D eigenvalue weighted by Gasteiger charge is -2.25. The van der Waals surface area contributed by atoms with Gasteiger partial charge < -0.3 is 29.0 Å². The topological polar surface area (TPSA) is 161 Å². The van der Waals surface area contributed by atoms with Crippen molar-refractivity contribution in [1.82, 2.24) is 14.9 Å². The molecule has 2 fully saturated rings. The first-order chi connectivity index (χ1) is 17.6. The lowest BCUT2D eigenvalue weighted by Crippen LogP contribution is -2.46. The summed E-state index contributed by atoms with van der Waals surface area (Å²) in [5, 5.41) is 2.35. The highest BCUT2D eigenvalue weighted by Gasteiger charge is 2.40. The number of carbonyl (C=O) groups excluding carboxylic acids is 4. The van der Waals surface area contributed by atoms with Gasteiger partial charge in [-0.1, -0.05) is 0 Å². The molecular weight excluding hydrogens is 502 g/mol. The summed E-state index contributed by atoms with van der Waals surface area (Å²) >= 11 is 0. The molecule has 38 heavy (non-hydrogen) atoms. The fourth-order valence-electron chi connectivity index (χ4n) is 3.93. The van der Waals surface area contributed by atoms with Gasteiger partial charge in [-0.3, -0.25) is 14.2 Å². The molecule has 0 spiro atoms. The first kappa shape index (κ1) is 29.1. The predicted molar refractivity (Wildman–Crippen MR) is 130 cm³/mol. The van der Waals surface area contributed by atoms with Crippen molar-refractivity contribution >= 4 is 24.0 Å². The minimum atomic E-state index is -1.28. The fraction of sp³-hybridized carbons (Fsp3) is 0.680. The average Bonchev–Trinajstić information content (AvgIpc) is 3.15. The summed E-state index contributed by atoms with van der Waals surface area (Å²) in [6.45, 7) is 10.0. The fourth-order valence-corrected chi connectivity index (χ4v) is 3.93. The maximum atomic E-state index is 12.7. The molecule has 0 aromatic carbocycles. The Hall–Kier alpha value is -3.48. The van der Waals surface area contributed by atoms with E-state index in [-0.39, 0.29) is 31.7 Å². The van der Waals surface area contributed by atoms with Crippen molar-refractivity contribution in [3.8, 4) is 0 Å². The van der Waals surface area contributed by atoms with Crippen LogP contribution < -0.4 is 11.0 Å². The number of cyclic esters (lactones) is 2. The van der Waals surface area contributed by atoms with E-state index in [2.05, 4.69) is 10.3 Å². The molecule has 0 saturated carbocycles. The van der Waals surface area contributed by atoms with Gasteiger partial charge in [0.25, 0.3) is 0 Å². The summed E-state index contributed by atoms with van der Waals surface area (Å²) in [5.41, 5.74) is -1.83. The standard InChI is InChI=1S/C25H35N3O10/c1-24(2,3)37-20(30)10-15-7-8-28(22(32)26-15)18-9-14-12-35-21(31)16(27-23(33)38-25(4,5)6)11-19(29)34-13-17(14)36-18/h7-8,14,16-18H,9-13H2,1-6H3,(H,27,33)/t14-,16?,17-,18-/m1/s1. The second-order valence-electron chi connectivity index (χ2n) is 11.2. The molecule has 1 unspecified atom stereocenters. The van der Waals surface area contributed by atoms with E-state index in [1.54, 1.807) is 41.5 Å². The monoisotopic (exact) mass is 537 g/mol. The maximum absolute atomic E-state index is 12.7. The van der Waals surface area contributed by atoms with E-state index in [9.17, 15) is 24.0 Å². The molecule has 1 aromatic rings. The van der Waals surface area contributed by atoms with Crippen molar-refractivity contribution in [2.24, 2.45) is 5.92 Å². The molecular formula is C25H35N3O10. The number of ether oxygens (including phenoxy) is 5. The Morgan fingerprint density at radius 2 is 1.74 bits per heavy atom. The minimum Gasteiger partial charge on any atom is -0.464 e. The molecule has 4 atom stereocenters. The molecule has 1 amide bonds. The SMILES string of the molecule is CC(C)(C)OC(=O)Cc1ccn([C@H]2C[C@@H]3COC(=O)C(NC(=O)OC(C)(C)C)CC(=O)OC[C@H]3O2)c(=O)n1. The number of carbonyl (C=O) groups is 4. The molecule has 3 heterocycles. The van der Waals surface area contributed by atoms with Crippen LogP contribution in [0.2, 0.25) is 0 Å². The van der Waals surface area contributed by atoms with Gasteiger partial charge in [-0.2, -0.15) is 4.98 Å². The van der Waals surface area contributed by atoms with Crippen molar-refractivity contribution in [3.63, 3.8) is 0 Å². The molecule has 13 heteroatoms. The quantitative estimate of drug-likeness (QED) is 0.437. The summed E-state index contributed by atoms with van der Waals surface area (Å²) in [4.78, 5) is 65.8. The van der Waals surface area contributed by atoms with E-state index in [4.69, 9.17) is 23.7 Å². The summed E-state index contributed by atoms with van der Waals surface area (Å²) in [6.07, 6.45) is -1.12. The van der Waals surface area contributed by atoms with E-state index in [0.29, 0.717) is 0 Å². The molecule has 1 aromatic heterocycles. The van der Waals surface area contributed by atoms with Crippen LogP contribution in [0.4, 0.5) is 4.79 Å². The summed E-state index contributed by atoms with van der Waals surface area (Å²) in [5.74, 6) is -2.46. The smallest absolute Gasteiger partial charge is 0.408 e. The Balaban J connectivity index is 1.66. The first-order valence-electron chi connectivity index (χ1n) is 12.4. The van der Waals surface area contributed by atoms with E-state index in [1.807, 2.05) is 0 Å². The van der Waals surface area contributed by atoms with Crippen LogP contribution in [0, 0.1) is 5.92 Å². The van der Waals surface area contributed by atoms with Crippen molar-refractivity contribution in [1.29, 1.82) is 0 Å². The van der Waals surface area contributed by atoms with Gasteiger partial charge in [-0.25, -0.2) is 14.4 Å². The van der Waals surface area contributed by atoms with E-state index in [0.717, 1.165) is 0 Å². The number of rotatable bonds is 4. The molecule has 0 bridgehead atoms. The highest BCUT2D eigenvalue weighted by molar-refractivity contribution is 5.86. The third-order valence-corrected chi connectivity index (χ3v) is 5.50. The van der Waals surface area contributed by atoms with Gasteiger partial charge in [0.05, 0.1) is 25.1 Å². The van der Waals surface area contributed by atoms with Crippen LogP contribution in [0.1, 0.15) is 66.3 Å². The normalized spacial score (nSPS) is 24.5. The zero-order valence-electron chi connectivity index (χ0n) is 22.5. The van der Waals surface area contributed by atoms with Gasteiger partial charge >= 0.3 is 29.7 Å². The number of fused-ring (bicyclic) bond motifs is 1. The second-order valence-corrected chi connectivity index (χ2v) is 11.2. The second kappa shape index (κ2) is 11.5. The lowest BCUT2D eigenvalue weighted by atomic mass is 10.0. The Kier molecular flexibility index (Phi) is 8.80. The van der Waals surface area contributed by atoms with Crippen LogP contribution >= 0.6 is 0 Å². The summed E-state index contributed by atoms with van der Waals surface area (Å²) in [6, 6.07) is 0.245. The van der Waals surface area contributed by atoms with Crippen LogP contribution in [0.25, 0.3) is 0 Å². The number of aromatic nitrogens is 2. The van der Waals surface area contributed by atoms with E-state index >= 15 is 0 Å². The van der Waals surface area contributed by atoms with Gasteiger partial charge in [0.2, 0.25) is 0 Å². The zero-order chi connectivity index (χ0) is 28.3. The number of amides is 1. The third kappa shape index (κ3) is 8.54. The molecule has 13 nitrogen and oxygen atoms in total. The van der Waals surface area contributed by atoms with Gasteiger partial charge in [0, 0.05) is 18.5 Å². The van der Waals surface area contributed by atoms with Crippen molar-refractivity contribution in [3.05, 3.63) is 28.4 Å². The molecule has 0 aliphatic carbocycles. The first-order valence-corrected chi connectivity index (χ1v) is 12.4. The minimum absolute atomic E-state index is 0.0804. The maximum Gasteiger partial charge on any atom is 0.408 e. The summed E-state index contributed by atoms with van der Waals surface area (Å²) in [7, 11) is 0. The third-order valence-electron chi connectivity index (χ3n) is 5.50. The Morgan fingerprint density at radius 3 is 2.37 bits per heavy atom. The molecule has 210 valence electrons. The number of nitrogens with zero attached hydrogens (tertiary/aromatic N) is 2. The Morgan fingerprint density at radius 1 is 1.05 bits per heavy atom. The van der Waals surface area contributed by atoms with Crippen LogP contribution in [-0.4, -0.2) is 70.1 Å². The van der Waals surface area contributed by atoms with Gasteiger partial charge in [0.1, 0.15) is 36.2 Å². The van der Waals surface area contributed by atoms with E-state index in [1.165, 1.54) is 16.8 Å². The largest absolute Gasteiger partial charge is 0.464 e. The Labute approximate surface area is 220 Å².